The van der Waals surface area contributed by atoms with Crippen LogP contribution in [0.2, 0.25) is 0 Å². The van der Waals surface area contributed by atoms with E-state index in [4.69, 9.17) is 15.2 Å². The zero-order valence-electron chi connectivity index (χ0n) is 11.6. The minimum absolute atomic E-state index is 0.0291. The summed E-state index contributed by atoms with van der Waals surface area (Å²) in [5.74, 6) is 0.0291. The summed E-state index contributed by atoms with van der Waals surface area (Å²) >= 11 is 0. The van der Waals surface area contributed by atoms with Crippen molar-refractivity contribution in [1.82, 2.24) is 9.80 Å². The molecule has 6 heteroatoms. The van der Waals surface area contributed by atoms with Gasteiger partial charge in [0.15, 0.2) is 0 Å². The first-order valence-corrected chi connectivity index (χ1v) is 7.19. The van der Waals surface area contributed by atoms with E-state index < -0.39 is 0 Å². The molecule has 2 aliphatic heterocycles. The van der Waals surface area contributed by atoms with Gasteiger partial charge in [0.1, 0.15) is 0 Å². The van der Waals surface area contributed by atoms with Crippen LogP contribution in [0.1, 0.15) is 12.8 Å². The van der Waals surface area contributed by atoms with Gasteiger partial charge in [-0.05, 0) is 12.8 Å². The number of rotatable bonds is 5. The number of morpholine rings is 1. The number of amides is 1. The molecule has 2 heterocycles. The van der Waals surface area contributed by atoms with E-state index >= 15 is 0 Å². The number of likely N-dealkylation sites (tertiary alicyclic amines) is 1. The highest BCUT2D eigenvalue weighted by molar-refractivity contribution is 5.78. The Kier molecular flexibility index (Phi) is 6.03. The third kappa shape index (κ3) is 4.72. The number of hydrogen-bond acceptors (Lipinski definition) is 5. The first kappa shape index (κ1) is 14.7. The van der Waals surface area contributed by atoms with Crippen molar-refractivity contribution in [2.75, 3.05) is 59.1 Å². The molecule has 19 heavy (non-hydrogen) atoms. The third-order valence-corrected chi connectivity index (χ3v) is 3.77. The summed E-state index contributed by atoms with van der Waals surface area (Å²) in [5.41, 5.74) is 5.40. The Bertz CT molecular complexity index is 282. The van der Waals surface area contributed by atoms with Gasteiger partial charge in [0.05, 0.1) is 32.5 Å². The third-order valence-electron chi connectivity index (χ3n) is 3.77. The summed E-state index contributed by atoms with van der Waals surface area (Å²) in [6, 6.07) is 0. The molecule has 1 amide bonds. The number of carbonyl (C=O) groups excluding carboxylic acids is 1. The van der Waals surface area contributed by atoms with Crippen molar-refractivity contribution in [3.8, 4) is 0 Å². The van der Waals surface area contributed by atoms with Gasteiger partial charge in [-0.25, -0.2) is 0 Å². The largest absolute Gasteiger partial charge is 0.379 e. The van der Waals surface area contributed by atoms with E-state index in [2.05, 4.69) is 4.90 Å². The van der Waals surface area contributed by atoms with Crippen molar-refractivity contribution in [3.05, 3.63) is 0 Å². The maximum atomic E-state index is 11.6. The second-order valence-electron chi connectivity index (χ2n) is 5.13. The molecule has 2 saturated heterocycles. The predicted molar refractivity (Wildman–Crippen MR) is 71.9 cm³/mol. The summed E-state index contributed by atoms with van der Waals surface area (Å²) in [6.45, 7) is 6.92. The van der Waals surface area contributed by atoms with Crippen LogP contribution in [-0.4, -0.2) is 80.9 Å². The van der Waals surface area contributed by atoms with Crippen LogP contribution >= 0.6 is 0 Å². The molecular formula is C13H25N3O3. The Hall–Kier alpha value is -0.690. The molecule has 2 N–H and O–H groups in total. The molecule has 0 aromatic heterocycles. The van der Waals surface area contributed by atoms with Crippen LogP contribution < -0.4 is 5.73 Å². The number of ether oxygens (including phenoxy) is 2. The number of piperidine rings is 1. The predicted octanol–water partition coefficient (Wildman–Crippen LogP) is -0.715. The SMILES string of the molecule is NCC(=O)N1CCCC(OCCN2CCOCC2)C1. The molecule has 1 unspecified atom stereocenters. The molecule has 0 aromatic rings. The highest BCUT2D eigenvalue weighted by Crippen LogP contribution is 2.13. The molecule has 6 nitrogen and oxygen atoms in total. The van der Waals surface area contributed by atoms with Crippen molar-refractivity contribution in [2.24, 2.45) is 5.73 Å². The van der Waals surface area contributed by atoms with Gasteiger partial charge in [0, 0.05) is 32.7 Å². The average Bonchev–Trinajstić information content (AvgIpc) is 2.48. The van der Waals surface area contributed by atoms with Crippen LogP contribution in [0.25, 0.3) is 0 Å². The Morgan fingerprint density at radius 1 is 1.32 bits per heavy atom. The molecule has 2 aliphatic rings. The van der Waals surface area contributed by atoms with Gasteiger partial charge in [0.2, 0.25) is 5.91 Å². The smallest absolute Gasteiger partial charge is 0.236 e. The Morgan fingerprint density at radius 2 is 2.11 bits per heavy atom. The van der Waals surface area contributed by atoms with Gasteiger partial charge in [0.25, 0.3) is 0 Å². The molecule has 0 aromatic carbocycles. The highest BCUT2D eigenvalue weighted by Gasteiger charge is 2.23. The van der Waals surface area contributed by atoms with E-state index in [-0.39, 0.29) is 18.6 Å². The van der Waals surface area contributed by atoms with Crippen LogP contribution in [0.5, 0.6) is 0 Å². The highest BCUT2D eigenvalue weighted by atomic mass is 16.5. The minimum Gasteiger partial charge on any atom is -0.379 e. The standard InChI is InChI=1S/C13H25N3O3/c14-10-13(17)16-3-1-2-12(11-16)19-9-6-15-4-7-18-8-5-15/h12H,1-11,14H2. The monoisotopic (exact) mass is 271 g/mol. The van der Waals surface area contributed by atoms with Crippen LogP contribution in [0.3, 0.4) is 0 Å². The first-order valence-electron chi connectivity index (χ1n) is 7.19. The van der Waals surface area contributed by atoms with Gasteiger partial charge < -0.3 is 20.1 Å². The number of hydrogen-bond donors (Lipinski definition) is 1. The molecule has 0 saturated carbocycles. The molecule has 110 valence electrons. The molecule has 2 fully saturated rings. The normalized spacial score (nSPS) is 25.5. The molecule has 2 rings (SSSR count). The lowest BCUT2D eigenvalue weighted by Crippen LogP contribution is -2.46. The number of nitrogens with two attached hydrogens (primary N) is 1. The van der Waals surface area contributed by atoms with Crippen molar-refractivity contribution < 1.29 is 14.3 Å². The summed E-state index contributed by atoms with van der Waals surface area (Å²) in [7, 11) is 0. The molecule has 0 aliphatic carbocycles. The van der Waals surface area contributed by atoms with E-state index in [0.29, 0.717) is 6.54 Å². The van der Waals surface area contributed by atoms with E-state index in [0.717, 1.165) is 58.8 Å². The molecule has 0 radical (unpaired) electrons. The maximum absolute atomic E-state index is 11.6. The fourth-order valence-electron chi connectivity index (χ4n) is 2.60. The van der Waals surface area contributed by atoms with Gasteiger partial charge in [-0.15, -0.1) is 0 Å². The summed E-state index contributed by atoms with van der Waals surface area (Å²) in [5, 5.41) is 0. The topological polar surface area (TPSA) is 68.0 Å². The Labute approximate surface area is 114 Å². The maximum Gasteiger partial charge on any atom is 0.236 e. The number of nitrogens with zero attached hydrogens (tertiary/aromatic N) is 2. The van der Waals surface area contributed by atoms with Crippen LogP contribution in [0, 0.1) is 0 Å². The fraction of sp³-hybridized carbons (Fsp3) is 0.923. The van der Waals surface area contributed by atoms with Gasteiger partial charge >= 0.3 is 0 Å². The van der Waals surface area contributed by atoms with Crippen LogP contribution in [0.4, 0.5) is 0 Å². The Balaban J connectivity index is 1.63. The van der Waals surface area contributed by atoms with E-state index in [9.17, 15) is 4.79 Å². The van der Waals surface area contributed by atoms with Gasteiger partial charge in [-0.1, -0.05) is 0 Å². The summed E-state index contributed by atoms with van der Waals surface area (Å²) in [4.78, 5) is 15.7. The minimum atomic E-state index is 0.0291. The second kappa shape index (κ2) is 7.79. The number of carbonyl (C=O) groups is 1. The van der Waals surface area contributed by atoms with Gasteiger partial charge in [-0.2, -0.15) is 0 Å². The van der Waals surface area contributed by atoms with Crippen molar-refractivity contribution in [2.45, 2.75) is 18.9 Å². The zero-order chi connectivity index (χ0) is 13.5. The first-order chi connectivity index (χ1) is 9.29. The molecule has 1 atom stereocenters. The van der Waals surface area contributed by atoms with E-state index in [1.807, 2.05) is 4.90 Å². The lowest BCUT2D eigenvalue weighted by molar-refractivity contribution is -0.134. The second-order valence-corrected chi connectivity index (χ2v) is 5.13. The van der Waals surface area contributed by atoms with Crippen molar-refractivity contribution in [3.63, 3.8) is 0 Å². The summed E-state index contributed by atoms with van der Waals surface area (Å²) < 4.78 is 11.2. The van der Waals surface area contributed by atoms with Crippen molar-refractivity contribution >= 4 is 5.91 Å². The molecule has 0 spiro atoms. The lowest BCUT2D eigenvalue weighted by atomic mass is 10.1. The Morgan fingerprint density at radius 3 is 2.84 bits per heavy atom. The quantitative estimate of drug-likeness (QED) is 0.715. The summed E-state index contributed by atoms with van der Waals surface area (Å²) in [6.07, 6.45) is 2.22. The average molecular weight is 271 g/mol. The van der Waals surface area contributed by atoms with E-state index in [1.54, 1.807) is 0 Å². The van der Waals surface area contributed by atoms with E-state index in [1.165, 1.54) is 0 Å². The zero-order valence-corrected chi connectivity index (χ0v) is 11.6. The van der Waals surface area contributed by atoms with Crippen LogP contribution in [-0.2, 0) is 14.3 Å². The van der Waals surface area contributed by atoms with Crippen LogP contribution in [0.15, 0.2) is 0 Å². The fourth-order valence-corrected chi connectivity index (χ4v) is 2.60. The lowest BCUT2D eigenvalue weighted by Gasteiger charge is -2.33. The molecule has 0 bridgehead atoms. The van der Waals surface area contributed by atoms with Crippen molar-refractivity contribution in [1.29, 1.82) is 0 Å². The van der Waals surface area contributed by atoms with Gasteiger partial charge in [-0.3, -0.25) is 9.69 Å². The molecular weight excluding hydrogens is 246 g/mol.